The van der Waals surface area contributed by atoms with Gasteiger partial charge in [0, 0.05) is 37.8 Å². The number of hydrogen-bond acceptors (Lipinski definition) is 5. The van der Waals surface area contributed by atoms with E-state index in [9.17, 15) is 18.0 Å². The summed E-state index contributed by atoms with van der Waals surface area (Å²) < 4.78 is 28.7. The van der Waals surface area contributed by atoms with Crippen LogP contribution in [-0.4, -0.2) is 48.0 Å². The monoisotopic (exact) mass is 452 g/mol. The molecule has 0 atom stereocenters. The minimum Gasteiger partial charge on any atom is -0.307 e. The highest BCUT2D eigenvalue weighted by Crippen LogP contribution is 2.32. The lowest BCUT2D eigenvalue weighted by molar-refractivity contribution is 0.0980. The average Bonchev–Trinajstić information content (AvgIpc) is 3.36. The van der Waals surface area contributed by atoms with E-state index in [0.29, 0.717) is 42.5 Å². The minimum atomic E-state index is -3.52. The Morgan fingerprint density at radius 2 is 1.69 bits per heavy atom. The molecule has 1 aromatic heterocycles. The summed E-state index contributed by atoms with van der Waals surface area (Å²) in [6.45, 7) is 1.61. The van der Waals surface area contributed by atoms with Gasteiger partial charge in [-0.2, -0.15) is 9.40 Å². The third-order valence-corrected chi connectivity index (χ3v) is 8.17. The number of aryl methyl sites for hydroxylation is 2. The number of amides is 1. The van der Waals surface area contributed by atoms with Crippen LogP contribution in [0.2, 0.25) is 0 Å². The second-order valence-electron chi connectivity index (χ2n) is 8.29. The first kappa shape index (κ1) is 20.8. The van der Waals surface area contributed by atoms with E-state index in [1.54, 1.807) is 47.4 Å². The van der Waals surface area contributed by atoms with Crippen LogP contribution in [0.25, 0.3) is 10.8 Å². The van der Waals surface area contributed by atoms with E-state index in [1.165, 1.54) is 16.0 Å². The van der Waals surface area contributed by atoms with Gasteiger partial charge in [0.05, 0.1) is 10.3 Å². The Morgan fingerprint density at radius 3 is 2.44 bits per heavy atom. The third-order valence-electron chi connectivity index (χ3n) is 6.28. The van der Waals surface area contributed by atoms with Gasteiger partial charge in [-0.15, -0.1) is 0 Å². The van der Waals surface area contributed by atoms with E-state index in [-0.39, 0.29) is 22.1 Å². The van der Waals surface area contributed by atoms with E-state index in [1.807, 2.05) is 0 Å². The number of benzene rings is 2. The van der Waals surface area contributed by atoms with Crippen molar-refractivity contribution in [1.29, 1.82) is 0 Å². The van der Waals surface area contributed by atoms with Crippen molar-refractivity contribution in [1.82, 2.24) is 14.1 Å². The van der Waals surface area contributed by atoms with E-state index >= 15 is 0 Å². The zero-order valence-corrected chi connectivity index (χ0v) is 18.6. The van der Waals surface area contributed by atoms with E-state index in [0.717, 1.165) is 24.8 Å². The van der Waals surface area contributed by atoms with Gasteiger partial charge >= 0.3 is 0 Å². The number of anilines is 1. The quantitative estimate of drug-likeness (QED) is 0.608. The van der Waals surface area contributed by atoms with Crippen molar-refractivity contribution in [3.63, 3.8) is 0 Å². The molecule has 2 aliphatic heterocycles. The summed E-state index contributed by atoms with van der Waals surface area (Å²) in [7, 11) is -1.99. The number of fused-ring (bicyclic) bond motifs is 2. The maximum Gasteiger partial charge on any atom is 0.279 e. The zero-order chi connectivity index (χ0) is 22.5. The van der Waals surface area contributed by atoms with Crippen LogP contribution in [0.15, 0.2) is 52.2 Å². The molecule has 3 heterocycles. The van der Waals surface area contributed by atoms with Crippen LogP contribution >= 0.6 is 0 Å². The average molecular weight is 453 g/mol. The van der Waals surface area contributed by atoms with Crippen LogP contribution in [0.3, 0.4) is 0 Å². The molecule has 166 valence electrons. The highest BCUT2D eigenvalue weighted by molar-refractivity contribution is 7.89. The molecule has 0 aliphatic carbocycles. The van der Waals surface area contributed by atoms with Gasteiger partial charge in [0.1, 0.15) is 0 Å². The number of carbonyl (C=O) groups is 1. The third kappa shape index (κ3) is 3.32. The van der Waals surface area contributed by atoms with E-state index in [2.05, 4.69) is 5.10 Å². The summed E-state index contributed by atoms with van der Waals surface area (Å²) in [6, 6.07) is 12.0. The molecule has 0 N–H and O–H groups in total. The number of aromatic nitrogens is 2. The largest absolute Gasteiger partial charge is 0.307 e. The molecule has 0 spiro atoms. The molecule has 1 fully saturated rings. The standard InChI is InChI=1S/C23H24N4O4S/c1-25-22(28)19-9-3-2-8-18(19)21(24-25)23(29)27-14-6-7-16-15-17(10-11-20(16)27)32(30,31)26-12-4-5-13-26/h2-3,8-11,15H,4-7,12-14H2,1H3. The van der Waals surface area contributed by atoms with Crippen LogP contribution in [0.1, 0.15) is 35.3 Å². The van der Waals surface area contributed by atoms with E-state index in [4.69, 9.17) is 0 Å². The van der Waals surface area contributed by atoms with Crippen LogP contribution in [0.5, 0.6) is 0 Å². The first-order valence-corrected chi connectivity index (χ1v) is 12.2. The number of hydrogen-bond donors (Lipinski definition) is 0. The summed E-state index contributed by atoms with van der Waals surface area (Å²) in [6.07, 6.45) is 3.18. The van der Waals surface area contributed by atoms with Gasteiger partial charge in [-0.3, -0.25) is 9.59 Å². The summed E-state index contributed by atoms with van der Waals surface area (Å²) in [5, 5.41) is 5.23. The van der Waals surface area contributed by atoms with Crippen LogP contribution in [0.4, 0.5) is 5.69 Å². The van der Waals surface area contributed by atoms with Gasteiger partial charge in [-0.05, 0) is 55.5 Å². The highest BCUT2D eigenvalue weighted by Gasteiger charge is 2.31. The van der Waals surface area contributed by atoms with Crippen molar-refractivity contribution in [2.24, 2.45) is 7.05 Å². The molecular formula is C23H24N4O4S. The number of carbonyl (C=O) groups excluding carboxylic acids is 1. The molecule has 5 rings (SSSR count). The molecule has 0 radical (unpaired) electrons. The van der Waals surface area contributed by atoms with Crippen molar-refractivity contribution in [3.8, 4) is 0 Å². The number of sulfonamides is 1. The topological polar surface area (TPSA) is 92.6 Å². The minimum absolute atomic E-state index is 0.212. The first-order valence-electron chi connectivity index (χ1n) is 10.8. The number of nitrogens with zero attached hydrogens (tertiary/aromatic N) is 4. The Balaban J connectivity index is 1.55. The van der Waals surface area contributed by atoms with Gasteiger partial charge in [0.15, 0.2) is 5.69 Å². The van der Waals surface area contributed by atoms with Gasteiger partial charge in [0.2, 0.25) is 10.0 Å². The van der Waals surface area contributed by atoms with Crippen molar-refractivity contribution >= 4 is 32.4 Å². The van der Waals surface area contributed by atoms with Crippen molar-refractivity contribution in [2.45, 2.75) is 30.6 Å². The SMILES string of the molecule is Cn1nc(C(=O)N2CCCc3cc(S(=O)(=O)N4CCCC4)ccc32)c2ccccc2c1=O. The second kappa shape index (κ2) is 7.83. The molecule has 32 heavy (non-hydrogen) atoms. The second-order valence-corrected chi connectivity index (χ2v) is 10.2. The van der Waals surface area contributed by atoms with Crippen LogP contribution in [-0.2, 0) is 23.5 Å². The predicted octanol–water partition coefficient (Wildman–Crippen LogP) is 2.31. The lowest BCUT2D eigenvalue weighted by Gasteiger charge is -2.30. The van der Waals surface area contributed by atoms with E-state index < -0.39 is 10.0 Å². The Kier molecular flexibility index (Phi) is 5.10. The molecule has 9 heteroatoms. The van der Waals surface area contributed by atoms with Gasteiger partial charge < -0.3 is 4.90 Å². The summed E-state index contributed by atoms with van der Waals surface area (Å²) in [4.78, 5) is 27.9. The van der Waals surface area contributed by atoms with Crippen LogP contribution in [0, 0.1) is 0 Å². The fourth-order valence-electron chi connectivity index (χ4n) is 4.61. The molecule has 0 unspecified atom stereocenters. The first-order chi connectivity index (χ1) is 15.4. The molecule has 2 aliphatic rings. The van der Waals surface area contributed by atoms with Crippen molar-refractivity contribution in [3.05, 3.63) is 64.1 Å². The maximum atomic E-state index is 13.6. The van der Waals surface area contributed by atoms with Gasteiger partial charge in [-0.1, -0.05) is 18.2 Å². The maximum absolute atomic E-state index is 13.6. The lowest BCUT2D eigenvalue weighted by atomic mass is 10.0. The summed E-state index contributed by atoms with van der Waals surface area (Å²) in [5.41, 5.74) is 1.48. The highest BCUT2D eigenvalue weighted by atomic mass is 32.2. The van der Waals surface area contributed by atoms with Crippen molar-refractivity contribution < 1.29 is 13.2 Å². The molecule has 1 saturated heterocycles. The lowest BCUT2D eigenvalue weighted by Crippen LogP contribution is -2.37. The fourth-order valence-corrected chi connectivity index (χ4v) is 6.18. The molecule has 3 aromatic rings. The van der Waals surface area contributed by atoms with Crippen molar-refractivity contribution in [2.75, 3.05) is 24.5 Å². The zero-order valence-electron chi connectivity index (χ0n) is 17.8. The Labute approximate surface area is 186 Å². The van der Waals surface area contributed by atoms with Crippen LogP contribution < -0.4 is 10.5 Å². The van der Waals surface area contributed by atoms with Gasteiger partial charge in [0.25, 0.3) is 11.5 Å². The predicted molar refractivity (Wildman–Crippen MR) is 121 cm³/mol. The smallest absolute Gasteiger partial charge is 0.279 e. The summed E-state index contributed by atoms with van der Waals surface area (Å²) in [5.74, 6) is -0.298. The molecule has 0 saturated carbocycles. The van der Waals surface area contributed by atoms with Gasteiger partial charge in [-0.25, -0.2) is 13.1 Å². The molecular weight excluding hydrogens is 428 g/mol. The Morgan fingerprint density at radius 1 is 0.969 bits per heavy atom. The Hall–Kier alpha value is -3.04. The molecule has 0 bridgehead atoms. The number of rotatable bonds is 3. The fraction of sp³-hybridized carbons (Fsp3) is 0.348. The molecule has 1 amide bonds. The molecule has 8 nitrogen and oxygen atoms in total. The molecule has 2 aromatic carbocycles. The normalized spacial score (nSPS) is 17.0. The Bertz CT molecular complexity index is 1390. The summed E-state index contributed by atoms with van der Waals surface area (Å²) >= 11 is 0.